The topological polar surface area (TPSA) is 0 Å². The van der Waals surface area contributed by atoms with Crippen molar-refractivity contribution in [3.05, 3.63) is 0 Å². The zero-order valence-electron chi connectivity index (χ0n) is 5.83. The number of hydrogen-bond donors (Lipinski definition) is 0. The fourth-order valence-electron chi connectivity index (χ4n) is 1.06. The third kappa shape index (κ3) is 1.55. The van der Waals surface area contributed by atoms with Gasteiger partial charge >= 0.3 is 69.8 Å². The summed E-state index contributed by atoms with van der Waals surface area (Å²) in [5.74, 6) is 0. The van der Waals surface area contributed by atoms with Crippen LogP contribution >= 0.6 is 13.9 Å². The van der Waals surface area contributed by atoms with E-state index >= 15 is 0 Å². The Bertz CT molecular complexity index is 145. The molecule has 0 amide bonds. The van der Waals surface area contributed by atoms with Crippen LogP contribution in [-0.4, -0.2) is 18.0 Å². The van der Waals surface area contributed by atoms with Gasteiger partial charge in [-0.15, -0.1) is 0 Å². The van der Waals surface area contributed by atoms with Gasteiger partial charge in [0.2, 0.25) is 0 Å². The monoisotopic (exact) mass is 348 g/mol. The van der Waals surface area contributed by atoms with E-state index in [2.05, 4.69) is 13.8 Å². The maximum atomic E-state index is 6.00. The van der Waals surface area contributed by atoms with E-state index in [1.165, 1.54) is 18.7 Å². The molecule has 0 radical (unpaired) electrons. The average Bonchev–Trinajstić information content (AvgIpc) is 1.62. The molecule has 0 saturated carbocycles. The third-order valence-electron chi connectivity index (χ3n) is 2.01. The molecular formula is C6H13AuClP. The van der Waals surface area contributed by atoms with Crippen molar-refractivity contribution in [2.75, 3.05) is 12.3 Å². The predicted molar refractivity (Wildman–Crippen MR) is 42.3 cm³/mol. The van der Waals surface area contributed by atoms with Gasteiger partial charge in [-0.3, -0.25) is 0 Å². The Balaban J connectivity index is 2.70. The van der Waals surface area contributed by atoms with E-state index in [1.807, 2.05) is 0 Å². The molecule has 0 aliphatic carbocycles. The number of rotatable bonds is 1. The van der Waals surface area contributed by atoms with Gasteiger partial charge in [-0.1, -0.05) is 0 Å². The second kappa shape index (κ2) is 3.24. The molecule has 60 valence electrons. The van der Waals surface area contributed by atoms with Crippen molar-refractivity contribution in [2.24, 2.45) is 0 Å². The van der Waals surface area contributed by atoms with Gasteiger partial charge in [0, 0.05) is 0 Å². The van der Waals surface area contributed by atoms with E-state index < -0.39 is 4.69 Å². The molecule has 1 aliphatic rings. The van der Waals surface area contributed by atoms with Crippen molar-refractivity contribution in [2.45, 2.75) is 25.9 Å². The summed E-state index contributed by atoms with van der Waals surface area (Å²) >= 11 is 0.191. The van der Waals surface area contributed by atoms with Crippen molar-refractivity contribution in [1.29, 1.82) is 0 Å². The first-order chi connectivity index (χ1) is 4.21. The number of hydrogen-bond acceptors (Lipinski definition) is 0. The maximum absolute atomic E-state index is 6.00. The molecule has 1 fully saturated rings. The predicted octanol–water partition coefficient (Wildman–Crippen LogP) is 2.97. The normalized spacial score (nSPS) is 24.4. The van der Waals surface area contributed by atoms with Crippen LogP contribution < -0.4 is 0 Å². The molecule has 0 spiro atoms. The summed E-state index contributed by atoms with van der Waals surface area (Å²) in [6, 6.07) is 0. The number of halogens is 1. The summed E-state index contributed by atoms with van der Waals surface area (Å²) in [5, 5.41) is 0. The Kier molecular flexibility index (Phi) is 3.08. The van der Waals surface area contributed by atoms with Crippen LogP contribution in [0.2, 0.25) is 0 Å². The molecule has 0 N–H and O–H groups in total. The second-order valence-electron chi connectivity index (χ2n) is 2.80. The first kappa shape index (κ1) is 8.56. The van der Waals surface area contributed by atoms with Gasteiger partial charge in [-0.05, 0) is 0 Å². The fourth-order valence-corrected chi connectivity index (χ4v) is 13.0. The van der Waals surface area contributed by atoms with Crippen LogP contribution in [0.25, 0.3) is 0 Å². The van der Waals surface area contributed by atoms with E-state index in [9.17, 15) is 0 Å². The molecule has 0 nitrogen and oxygen atoms in total. The summed E-state index contributed by atoms with van der Waals surface area (Å²) < 4.78 is -0.460. The van der Waals surface area contributed by atoms with Crippen molar-refractivity contribution >= 4 is 13.9 Å². The zero-order chi connectivity index (χ0) is 6.91. The van der Waals surface area contributed by atoms with Crippen LogP contribution in [-0.2, 0) is 17.6 Å². The molecule has 1 rings (SSSR count). The van der Waals surface area contributed by atoms with Gasteiger partial charge in [0.1, 0.15) is 0 Å². The van der Waals surface area contributed by atoms with Crippen LogP contribution in [0.4, 0.5) is 0 Å². The van der Waals surface area contributed by atoms with Gasteiger partial charge in [-0.2, -0.15) is 0 Å². The van der Waals surface area contributed by atoms with E-state index in [0.717, 1.165) is 5.66 Å². The van der Waals surface area contributed by atoms with Gasteiger partial charge in [0.15, 0.2) is 0 Å². The molecule has 1 aliphatic heterocycles. The molecule has 1 saturated heterocycles. The van der Waals surface area contributed by atoms with E-state index in [1.54, 1.807) is 0 Å². The molecule has 0 aromatic rings. The molecular weight excluding hydrogens is 335 g/mol. The van der Waals surface area contributed by atoms with Crippen LogP contribution in [0.15, 0.2) is 0 Å². The standard InChI is InChI=1S/C6H13P.Au.ClH/c1-6(2)7-4-3-5-7;;/h6H,3-5H2,1-2H3;;1H/q;+1;/p-1. The SMILES string of the molecule is CC(C)[P]1(=[Au][Cl])CCC1. The average molecular weight is 349 g/mol. The van der Waals surface area contributed by atoms with E-state index in [-0.39, 0.29) is 17.6 Å². The Labute approximate surface area is 69.7 Å². The Morgan fingerprint density at radius 3 is 2.00 bits per heavy atom. The Morgan fingerprint density at radius 1 is 1.44 bits per heavy atom. The van der Waals surface area contributed by atoms with Gasteiger partial charge in [0.05, 0.1) is 0 Å². The van der Waals surface area contributed by atoms with Crippen LogP contribution in [0.5, 0.6) is 0 Å². The third-order valence-corrected chi connectivity index (χ3v) is 19.5. The van der Waals surface area contributed by atoms with Crippen molar-refractivity contribution in [3.8, 4) is 0 Å². The summed E-state index contributed by atoms with van der Waals surface area (Å²) in [7, 11) is 6.00. The van der Waals surface area contributed by atoms with E-state index in [0.29, 0.717) is 0 Å². The van der Waals surface area contributed by atoms with Crippen LogP contribution in [0.1, 0.15) is 20.3 Å². The second-order valence-corrected chi connectivity index (χ2v) is 15.9. The summed E-state index contributed by atoms with van der Waals surface area (Å²) in [5.41, 5.74) is 0.936. The molecule has 0 bridgehead atoms. The van der Waals surface area contributed by atoms with Crippen molar-refractivity contribution in [3.63, 3.8) is 0 Å². The summed E-state index contributed by atoms with van der Waals surface area (Å²) in [4.78, 5) is 0. The van der Waals surface area contributed by atoms with Crippen LogP contribution in [0, 0.1) is 0 Å². The fraction of sp³-hybridized carbons (Fsp3) is 1.00. The first-order valence-electron chi connectivity index (χ1n) is 3.29. The molecule has 3 heteroatoms. The zero-order valence-corrected chi connectivity index (χ0v) is 9.64. The Hall–Kier alpha value is 1.46. The molecule has 1 heterocycles. The molecule has 0 aromatic carbocycles. The Morgan fingerprint density at radius 2 is 2.00 bits per heavy atom. The minimum absolute atomic E-state index is 0.191. The molecule has 0 atom stereocenters. The molecule has 9 heavy (non-hydrogen) atoms. The minimum atomic E-state index is -0.460. The summed E-state index contributed by atoms with van der Waals surface area (Å²) in [6.07, 6.45) is 4.49. The van der Waals surface area contributed by atoms with Gasteiger partial charge in [-0.25, -0.2) is 0 Å². The first-order valence-corrected chi connectivity index (χ1v) is 10.9. The van der Waals surface area contributed by atoms with E-state index in [4.69, 9.17) is 9.19 Å². The molecule has 0 aromatic heterocycles. The van der Waals surface area contributed by atoms with Crippen molar-refractivity contribution < 1.29 is 17.6 Å². The van der Waals surface area contributed by atoms with Crippen LogP contribution in [0.3, 0.4) is 0 Å². The van der Waals surface area contributed by atoms with Crippen molar-refractivity contribution in [1.82, 2.24) is 0 Å². The van der Waals surface area contributed by atoms with Gasteiger partial charge in [0.25, 0.3) is 0 Å². The van der Waals surface area contributed by atoms with Gasteiger partial charge < -0.3 is 0 Å². The summed E-state index contributed by atoms with van der Waals surface area (Å²) in [6.45, 7) is 4.71. The molecule has 0 unspecified atom stereocenters. The quantitative estimate of drug-likeness (QED) is 0.505.